The summed E-state index contributed by atoms with van der Waals surface area (Å²) >= 11 is 1.28. The quantitative estimate of drug-likeness (QED) is 0.135. The van der Waals surface area contributed by atoms with E-state index in [1.807, 2.05) is 45.9 Å². The Morgan fingerprint density at radius 3 is 2.45 bits per heavy atom. The van der Waals surface area contributed by atoms with E-state index in [2.05, 4.69) is 43.0 Å². The lowest BCUT2D eigenvalue weighted by Crippen LogP contribution is -2.48. The molecule has 5 aliphatic heterocycles. The molecule has 17 heteroatoms. The number of nitrogens with one attached hydrogen (secondary N) is 3. The van der Waals surface area contributed by atoms with Crippen molar-refractivity contribution in [3.05, 3.63) is 112 Å². The van der Waals surface area contributed by atoms with E-state index in [0.29, 0.717) is 67.1 Å². The molecular weight excluding hydrogens is 850 g/mol. The summed E-state index contributed by atoms with van der Waals surface area (Å²) in [6.07, 6.45) is 8.15. The molecule has 2 aromatic heterocycles. The number of carbonyl (C=O) groups excluding carboxylic acids is 5. The number of nitrogens with zero attached hydrogens (tertiary/aromatic N) is 6. The minimum atomic E-state index is -1.06. The van der Waals surface area contributed by atoms with Crippen molar-refractivity contribution in [3.63, 3.8) is 0 Å². The number of aromatic nitrogens is 3. The Hall–Kier alpha value is -6.46. The van der Waals surface area contributed by atoms with E-state index in [4.69, 9.17) is 4.74 Å². The molecule has 0 aliphatic carbocycles. The van der Waals surface area contributed by atoms with E-state index in [0.717, 1.165) is 62.3 Å². The lowest BCUT2D eigenvalue weighted by molar-refractivity contribution is -0.134. The minimum absolute atomic E-state index is 0.0513. The van der Waals surface area contributed by atoms with E-state index in [1.165, 1.54) is 27.9 Å². The van der Waals surface area contributed by atoms with Gasteiger partial charge in [0.2, 0.25) is 11.8 Å². The van der Waals surface area contributed by atoms with Gasteiger partial charge in [0, 0.05) is 73.1 Å². The molecule has 5 aliphatic rings. The summed E-state index contributed by atoms with van der Waals surface area (Å²) in [7, 11) is 0. The second-order valence-electron chi connectivity index (χ2n) is 17.6. The highest BCUT2D eigenvalue weighted by atomic mass is 32.1. The molecule has 65 heavy (non-hydrogen) atoms. The number of fused-ring (bicyclic) bond motifs is 2. The van der Waals surface area contributed by atoms with Crippen LogP contribution in [0.15, 0.2) is 78.6 Å². The van der Waals surface area contributed by atoms with Gasteiger partial charge in [-0.1, -0.05) is 24.3 Å². The van der Waals surface area contributed by atoms with Crippen LogP contribution in [-0.2, 0) is 38.7 Å². The molecule has 3 fully saturated rings. The maximum Gasteiger partial charge on any atom is 0.255 e. The first-order valence-corrected chi connectivity index (χ1v) is 23.3. The van der Waals surface area contributed by atoms with Crippen LogP contribution >= 0.6 is 11.3 Å². The molecule has 3 N–H and O–H groups in total. The third-order valence-electron chi connectivity index (χ3n) is 13.5. The minimum Gasteiger partial charge on any atom is -0.490 e. The Morgan fingerprint density at radius 1 is 0.923 bits per heavy atom. The summed E-state index contributed by atoms with van der Waals surface area (Å²) in [5.41, 5.74) is 5.24. The Labute approximate surface area is 379 Å². The van der Waals surface area contributed by atoms with Crippen molar-refractivity contribution in [2.24, 2.45) is 0 Å². The fourth-order valence-corrected chi connectivity index (χ4v) is 10.4. The summed E-state index contributed by atoms with van der Waals surface area (Å²) in [6, 6.07) is 17.3. The Morgan fingerprint density at radius 2 is 1.71 bits per heavy atom. The summed E-state index contributed by atoms with van der Waals surface area (Å²) < 4.78 is 24.3. The van der Waals surface area contributed by atoms with E-state index in [1.54, 1.807) is 24.0 Å². The largest absolute Gasteiger partial charge is 0.490 e. The molecule has 7 heterocycles. The van der Waals surface area contributed by atoms with Crippen LogP contribution in [0.1, 0.15) is 83.4 Å². The molecule has 3 aromatic carbocycles. The first-order chi connectivity index (χ1) is 31.6. The molecule has 15 nitrogen and oxygen atoms in total. The number of imidazole rings is 1. The van der Waals surface area contributed by atoms with Gasteiger partial charge in [0.25, 0.3) is 11.8 Å². The maximum atomic E-state index is 15.9. The van der Waals surface area contributed by atoms with Gasteiger partial charge >= 0.3 is 0 Å². The summed E-state index contributed by atoms with van der Waals surface area (Å²) in [5, 5.41) is 11.0. The zero-order chi connectivity index (χ0) is 44.6. The van der Waals surface area contributed by atoms with E-state index >= 15 is 4.39 Å². The lowest BCUT2D eigenvalue weighted by atomic mass is 9.89. The molecule has 2 atom stereocenters. The van der Waals surface area contributed by atoms with Crippen LogP contribution in [0.3, 0.4) is 0 Å². The van der Waals surface area contributed by atoms with Crippen molar-refractivity contribution in [3.8, 4) is 16.9 Å². The number of benzene rings is 3. The predicted molar refractivity (Wildman–Crippen MR) is 241 cm³/mol. The number of piperidine rings is 3. The number of ether oxygens (including phenoxy) is 1. The van der Waals surface area contributed by atoms with Gasteiger partial charge < -0.3 is 29.7 Å². The molecule has 4 amide bonds. The summed E-state index contributed by atoms with van der Waals surface area (Å²) in [5.74, 6) is -0.505. The van der Waals surface area contributed by atoms with Crippen LogP contribution in [0.5, 0.6) is 5.75 Å². The standard InChI is InChI=1S/C48H50FN9O6S/c49-38-23-32(22-36-37(38)26-58(47(36)63)45(46(62)54-48-50-15-21-65-48)44-40-2-1-16-57(40)28-52-44)30-5-9-34(10-6-30)64-35-13-19-56(20-14-35)43(61)27-55-17-11-31(12-18-55)29-3-7-33(8-4-29)53-39-25-51-42(60)24-41(39)59/h3-10,15,21-23,28,31,35,39,45,53H,1-2,11-14,16-20,24-27H2,(H,51,60)(H,50,54,62)/t39-,45?/m1/s1. The average Bonchev–Trinajstić information content (AvgIpc) is 4.14. The van der Waals surface area contributed by atoms with Crippen molar-refractivity contribution in [2.75, 3.05) is 49.9 Å². The van der Waals surface area contributed by atoms with Gasteiger partial charge in [-0.25, -0.2) is 14.4 Å². The number of hydrogen-bond donors (Lipinski definition) is 3. The zero-order valence-electron chi connectivity index (χ0n) is 35.8. The number of rotatable bonds is 12. The number of amides is 4. The smallest absolute Gasteiger partial charge is 0.255 e. The Balaban J connectivity index is 0.702. The van der Waals surface area contributed by atoms with Gasteiger partial charge in [0.1, 0.15) is 23.7 Å². The van der Waals surface area contributed by atoms with Crippen molar-refractivity contribution in [2.45, 2.75) is 82.1 Å². The number of anilines is 2. The van der Waals surface area contributed by atoms with Crippen LogP contribution in [0.25, 0.3) is 11.1 Å². The number of halogens is 1. The maximum absolute atomic E-state index is 15.9. The fourth-order valence-electron chi connectivity index (χ4n) is 9.88. The monoisotopic (exact) mass is 899 g/mol. The number of hydrogen-bond acceptors (Lipinski definition) is 11. The number of aryl methyl sites for hydroxylation is 1. The van der Waals surface area contributed by atoms with Crippen LogP contribution in [0.4, 0.5) is 15.2 Å². The van der Waals surface area contributed by atoms with Gasteiger partial charge in [-0.05, 0) is 97.8 Å². The molecular formula is C48H50FN9O6S. The molecule has 3 saturated heterocycles. The zero-order valence-corrected chi connectivity index (χ0v) is 36.7. The molecule has 1 unspecified atom stereocenters. The Bertz CT molecular complexity index is 2600. The Kier molecular flexibility index (Phi) is 11.9. The normalized spacial score (nSPS) is 19.8. The third kappa shape index (κ3) is 8.99. The van der Waals surface area contributed by atoms with E-state index in [9.17, 15) is 24.0 Å². The highest BCUT2D eigenvalue weighted by Crippen LogP contribution is 2.38. The first kappa shape index (κ1) is 42.5. The van der Waals surface area contributed by atoms with Crippen LogP contribution in [-0.4, -0.2) is 110 Å². The molecule has 0 saturated carbocycles. The molecule has 5 aromatic rings. The second-order valence-corrected chi connectivity index (χ2v) is 18.5. The number of thiazole rings is 1. The van der Waals surface area contributed by atoms with Crippen LogP contribution in [0, 0.1) is 5.82 Å². The van der Waals surface area contributed by atoms with Gasteiger partial charge in [0.05, 0.1) is 31.5 Å². The van der Waals surface area contributed by atoms with Gasteiger partial charge in [-0.3, -0.25) is 34.2 Å². The van der Waals surface area contributed by atoms with Crippen molar-refractivity contribution < 1.29 is 33.1 Å². The molecule has 10 rings (SSSR count). The fraction of sp³-hybridized carbons (Fsp3) is 0.396. The number of likely N-dealkylation sites (tertiary alicyclic amines) is 2. The summed E-state index contributed by atoms with van der Waals surface area (Å²) in [6.45, 7) is 4.35. The van der Waals surface area contributed by atoms with E-state index in [-0.39, 0.29) is 47.8 Å². The predicted octanol–water partition coefficient (Wildman–Crippen LogP) is 5.55. The molecule has 0 bridgehead atoms. The highest BCUT2D eigenvalue weighted by Gasteiger charge is 2.42. The SMILES string of the molecule is O=C1CC(=O)[C@H](Nc2ccc(C3CCN(CC(=O)N4CCC(Oc5ccc(-c6cc(F)c7c(c6)C(=O)N(C(C(=O)Nc6nccs6)c6ncn8c6CCC8)C7)cc5)CC4)CC3)cc2)CN1. The average molecular weight is 900 g/mol. The van der Waals surface area contributed by atoms with E-state index < -0.39 is 29.7 Å². The number of carbonyl (C=O) groups is 5. The molecule has 0 spiro atoms. The second kappa shape index (κ2) is 18.2. The molecule has 0 radical (unpaired) electrons. The third-order valence-corrected chi connectivity index (χ3v) is 14.2. The lowest BCUT2D eigenvalue weighted by Gasteiger charge is -2.36. The van der Waals surface area contributed by atoms with Crippen molar-refractivity contribution >= 4 is 51.6 Å². The topological polar surface area (TPSA) is 171 Å². The number of ketones is 1. The van der Waals surface area contributed by atoms with Gasteiger partial charge in [-0.15, -0.1) is 11.3 Å². The van der Waals surface area contributed by atoms with Crippen molar-refractivity contribution in [1.82, 2.24) is 34.6 Å². The van der Waals surface area contributed by atoms with Crippen molar-refractivity contribution in [1.29, 1.82) is 0 Å². The highest BCUT2D eigenvalue weighted by molar-refractivity contribution is 7.13. The van der Waals surface area contributed by atoms with Crippen LogP contribution < -0.4 is 20.7 Å². The number of Topliss-reactive ketones (excluding diaryl/α,β-unsaturated/α-hetero) is 1. The first-order valence-electron chi connectivity index (χ1n) is 22.4. The molecule has 336 valence electrons. The van der Waals surface area contributed by atoms with Crippen LogP contribution in [0.2, 0.25) is 0 Å². The summed E-state index contributed by atoms with van der Waals surface area (Å²) in [4.78, 5) is 79.3. The van der Waals surface area contributed by atoms with Gasteiger partial charge in [-0.2, -0.15) is 0 Å². The van der Waals surface area contributed by atoms with Gasteiger partial charge in [0.15, 0.2) is 17.0 Å².